The topological polar surface area (TPSA) is 121 Å². The number of aromatic nitrogens is 1. The molecule has 8 nitrogen and oxygen atoms in total. The Hall–Kier alpha value is -3.24. The average Bonchev–Trinajstić information content (AvgIpc) is 2.81. The summed E-state index contributed by atoms with van der Waals surface area (Å²) in [6, 6.07) is 11.5. The minimum Gasteiger partial charge on any atom is -0.505 e. The fraction of sp³-hybridized carbons (Fsp3) is 0.125. The van der Waals surface area contributed by atoms with Gasteiger partial charge in [-0.3, -0.25) is 4.98 Å². The third kappa shape index (κ3) is 4.68. The van der Waals surface area contributed by atoms with Crippen molar-refractivity contribution in [3.63, 3.8) is 0 Å². The van der Waals surface area contributed by atoms with Gasteiger partial charge < -0.3 is 19.3 Å². The number of nitrogens with zero attached hydrogens (tertiary/aromatic N) is 1. The molecule has 3 N–H and O–H groups in total. The van der Waals surface area contributed by atoms with E-state index in [1.807, 2.05) is 6.92 Å². The lowest BCUT2D eigenvalue weighted by atomic mass is 10.0. The normalized spacial score (nSPS) is 11.5. The molecule has 1 aromatic heterocycles. The minimum absolute atomic E-state index is 0.0195. The standard InChI is InChI=1S/C24H20Cl2N2O6S/c1-12-8-13(22-15(25)10-21(35(27,30)31)24(29)23(22)26)4-5-17(12)34-18-6-7-28-16-11-20(33-3)19(32-2)9-14(16)18/h4-11,29H,1-3H3,(H2,27,30,31). The van der Waals surface area contributed by atoms with Crippen molar-refractivity contribution in [3.8, 4) is 39.9 Å². The number of nitrogens with two attached hydrogens (primary N) is 1. The number of phenolic OH excluding ortho intramolecular Hbond substituents is 1. The van der Waals surface area contributed by atoms with Crippen LogP contribution in [0.3, 0.4) is 0 Å². The molecule has 11 heteroatoms. The molecule has 3 aromatic carbocycles. The molecule has 0 bridgehead atoms. The molecule has 0 aliphatic heterocycles. The first kappa shape index (κ1) is 24.9. The van der Waals surface area contributed by atoms with Gasteiger partial charge in [-0.15, -0.1) is 0 Å². The summed E-state index contributed by atoms with van der Waals surface area (Å²) in [4.78, 5) is 3.82. The van der Waals surface area contributed by atoms with Crippen LogP contribution in [-0.4, -0.2) is 32.7 Å². The monoisotopic (exact) mass is 534 g/mol. The van der Waals surface area contributed by atoms with E-state index in [9.17, 15) is 13.5 Å². The Labute approximate surface area is 211 Å². The van der Waals surface area contributed by atoms with Gasteiger partial charge in [-0.2, -0.15) is 0 Å². The summed E-state index contributed by atoms with van der Waals surface area (Å²) >= 11 is 12.6. The van der Waals surface area contributed by atoms with Crippen molar-refractivity contribution in [2.24, 2.45) is 5.14 Å². The Kier molecular flexibility index (Phi) is 6.70. The summed E-state index contributed by atoms with van der Waals surface area (Å²) in [5.41, 5.74) is 2.21. The molecule has 4 aromatic rings. The molecule has 0 unspecified atom stereocenters. The summed E-state index contributed by atoms with van der Waals surface area (Å²) in [6.45, 7) is 1.83. The second-order valence-corrected chi connectivity index (χ2v) is 9.87. The van der Waals surface area contributed by atoms with E-state index in [1.54, 1.807) is 56.8 Å². The highest BCUT2D eigenvalue weighted by atomic mass is 35.5. The van der Waals surface area contributed by atoms with Crippen LogP contribution in [0.5, 0.6) is 28.7 Å². The van der Waals surface area contributed by atoms with Crippen molar-refractivity contribution in [1.29, 1.82) is 0 Å². The van der Waals surface area contributed by atoms with Gasteiger partial charge in [0.1, 0.15) is 16.4 Å². The van der Waals surface area contributed by atoms with E-state index in [2.05, 4.69) is 4.98 Å². The van der Waals surface area contributed by atoms with E-state index in [4.69, 9.17) is 42.6 Å². The van der Waals surface area contributed by atoms with Gasteiger partial charge in [0.25, 0.3) is 0 Å². The molecular weight excluding hydrogens is 515 g/mol. The summed E-state index contributed by atoms with van der Waals surface area (Å²) in [7, 11) is -1.12. The fourth-order valence-corrected chi connectivity index (χ4v) is 5.09. The number of rotatable bonds is 6. The molecule has 0 radical (unpaired) electrons. The molecule has 4 rings (SSSR count). The third-order valence-electron chi connectivity index (χ3n) is 5.35. The van der Waals surface area contributed by atoms with Crippen molar-refractivity contribution in [1.82, 2.24) is 4.98 Å². The molecule has 0 spiro atoms. The maximum atomic E-state index is 11.7. The number of aromatic hydroxyl groups is 1. The van der Waals surface area contributed by atoms with Crippen LogP contribution in [0, 0.1) is 6.92 Å². The number of hydrogen-bond donors (Lipinski definition) is 2. The van der Waals surface area contributed by atoms with Crippen LogP contribution in [0.2, 0.25) is 10.0 Å². The number of benzene rings is 3. The molecule has 0 saturated heterocycles. The maximum absolute atomic E-state index is 11.7. The Balaban J connectivity index is 1.75. The van der Waals surface area contributed by atoms with Crippen molar-refractivity contribution < 1.29 is 27.7 Å². The first-order valence-electron chi connectivity index (χ1n) is 10.1. The van der Waals surface area contributed by atoms with Crippen molar-refractivity contribution in [2.75, 3.05) is 14.2 Å². The SMILES string of the molecule is COc1cc2nccc(Oc3ccc(-c4c(Cl)cc(S(N)(=O)=O)c(O)c4Cl)cc3C)c2cc1OC. The van der Waals surface area contributed by atoms with Gasteiger partial charge >= 0.3 is 0 Å². The Morgan fingerprint density at radius 2 is 1.63 bits per heavy atom. The predicted molar refractivity (Wildman–Crippen MR) is 135 cm³/mol. The zero-order valence-electron chi connectivity index (χ0n) is 18.8. The van der Waals surface area contributed by atoms with Crippen LogP contribution >= 0.6 is 23.2 Å². The van der Waals surface area contributed by atoms with E-state index < -0.39 is 20.7 Å². The minimum atomic E-state index is -4.22. The highest BCUT2D eigenvalue weighted by Crippen LogP contribution is 2.45. The summed E-state index contributed by atoms with van der Waals surface area (Å²) < 4.78 is 40.4. The van der Waals surface area contributed by atoms with E-state index in [0.717, 1.165) is 17.0 Å². The van der Waals surface area contributed by atoms with E-state index in [1.165, 1.54) is 0 Å². The Bertz CT molecular complexity index is 1570. The Morgan fingerprint density at radius 1 is 0.943 bits per heavy atom. The van der Waals surface area contributed by atoms with Gasteiger partial charge in [-0.05, 0) is 48.4 Å². The zero-order valence-corrected chi connectivity index (χ0v) is 21.1. The van der Waals surface area contributed by atoms with Crippen LogP contribution in [0.1, 0.15) is 5.56 Å². The van der Waals surface area contributed by atoms with E-state index >= 15 is 0 Å². The smallest absolute Gasteiger partial charge is 0.241 e. The molecule has 0 aliphatic rings. The number of primary sulfonamides is 1. The van der Waals surface area contributed by atoms with Gasteiger partial charge in [-0.1, -0.05) is 29.3 Å². The van der Waals surface area contributed by atoms with Gasteiger partial charge in [0.05, 0.1) is 29.8 Å². The van der Waals surface area contributed by atoms with Gasteiger partial charge in [0.15, 0.2) is 17.2 Å². The molecular formula is C24H20Cl2N2O6S. The lowest BCUT2D eigenvalue weighted by Crippen LogP contribution is -2.12. The largest absolute Gasteiger partial charge is 0.505 e. The van der Waals surface area contributed by atoms with Gasteiger partial charge in [0, 0.05) is 23.2 Å². The van der Waals surface area contributed by atoms with E-state index in [0.29, 0.717) is 34.1 Å². The second kappa shape index (κ2) is 9.43. The zero-order chi connectivity index (χ0) is 25.5. The van der Waals surface area contributed by atoms with Crippen LogP contribution in [0.25, 0.3) is 22.0 Å². The number of methoxy groups -OCH3 is 2. The molecule has 0 atom stereocenters. The van der Waals surface area contributed by atoms with Crippen LogP contribution < -0.4 is 19.3 Å². The highest BCUT2D eigenvalue weighted by molar-refractivity contribution is 7.89. The molecule has 1 heterocycles. The lowest BCUT2D eigenvalue weighted by molar-refractivity contribution is 0.355. The maximum Gasteiger partial charge on any atom is 0.241 e. The fourth-order valence-electron chi connectivity index (χ4n) is 3.64. The number of pyridine rings is 1. The summed E-state index contributed by atoms with van der Waals surface area (Å²) in [5, 5.41) is 16.0. The average molecular weight is 535 g/mol. The summed E-state index contributed by atoms with van der Waals surface area (Å²) in [5.74, 6) is 1.53. The molecule has 0 saturated carbocycles. The molecule has 182 valence electrons. The number of phenols is 1. The Morgan fingerprint density at radius 3 is 2.26 bits per heavy atom. The van der Waals surface area contributed by atoms with Crippen LogP contribution in [-0.2, 0) is 10.0 Å². The predicted octanol–water partition coefficient (Wildman–Crippen LogP) is 5.68. The van der Waals surface area contributed by atoms with Gasteiger partial charge in [-0.25, -0.2) is 13.6 Å². The first-order chi connectivity index (χ1) is 16.5. The van der Waals surface area contributed by atoms with Crippen LogP contribution in [0.15, 0.2) is 53.6 Å². The van der Waals surface area contributed by atoms with Crippen LogP contribution in [0.4, 0.5) is 0 Å². The molecule has 35 heavy (non-hydrogen) atoms. The van der Waals surface area contributed by atoms with Crippen molar-refractivity contribution >= 4 is 44.1 Å². The number of aryl methyl sites for hydroxylation is 1. The van der Waals surface area contributed by atoms with Crippen molar-refractivity contribution in [2.45, 2.75) is 11.8 Å². The number of hydrogen-bond acceptors (Lipinski definition) is 7. The molecule has 0 aliphatic carbocycles. The van der Waals surface area contributed by atoms with Gasteiger partial charge in [0.2, 0.25) is 10.0 Å². The number of sulfonamides is 1. The number of fused-ring (bicyclic) bond motifs is 1. The number of halogens is 2. The van der Waals surface area contributed by atoms with Crippen molar-refractivity contribution in [3.05, 3.63) is 64.3 Å². The van der Waals surface area contributed by atoms with E-state index in [-0.39, 0.29) is 15.6 Å². The molecule has 0 fully saturated rings. The lowest BCUT2D eigenvalue weighted by Gasteiger charge is -2.15. The second-order valence-electron chi connectivity index (χ2n) is 7.55. The summed E-state index contributed by atoms with van der Waals surface area (Å²) in [6.07, 6.45) is 1.63. The first-order valence-corrected chi connectivity index (χ1v) is 12.4. The third-order valence-corrected chi connectivity index (χ3v) is 6.94. The highest BCUT2D eigenvalue weighted by Gasteiger charge is 2.23. The molecule has 0 amide bonds. The quantitative estimate of drug-likeness (QED) is 0.326. The number of ether oxygens (including phenoxy) is 3.